The van der Waals surface area contributed by atoms with Crippen molar-refractivity contribution in [3.63, 3.8) is 0 Å². The van der Waals surface area contributed by atoms with Gasteiger partial charge in [0.25, 0.3) is 4.97 Å². The molecule has 0 fully saturated rings. The second-order valence-corrected chi connectivity index (χ2v) is 23.4. The van der Waals surface area contributed by atoms with Crippen LogP contribution in [0.15, 0.2) is 84.9 Å². The molecule has 0 unspecified atom stereocenters. The van der Waals surface area contributed by atoms with Gasteiger partial charge < -0.3 is 9.63 Å². The summed E-state index contributed by atoms with van der Waals surface area (Å²) in [5.74, 6) is 0.990. The van der Waals surface area contributed by atoms with Crippen molar-refractivity contribution in [2.75, 3.05) is 0 Å². The van der Waals surface area contributed by atoms with Gasteiger partial charge in [0.1, 0.15) is 11.5 Å². The van der Waals surface area contributed by atoms with Gasteiger partial charge >= 0.3 is 0 Å². The van der Waals surface area contributed by atoms with E-state index in [1.54, 1.807) is 6.07 Å². The summed E-state index contributed by atoms with van der Waals surface area (Å²) >= 11 is 35.5. The molecule has 4 aromatic carbocycles. The molecule has 0 saturated carbocycles. The predicted molar refractivity (Wildman–Crippen MR) is 148 cm³/mol. The quantitative estimate of drug-likeness (QED) is 0.235. The van der Waals surface area contributed by atoms with E-state index < -0.39 is 9.07 Å². The summed E-state index contributed by atoms with van der Waals surface area (Å²) < 4.78 is 2.98. The molecule has 2 nitrogen and oxygen atoms in total. The maximum atomic E-state index is 9.37. The number of phenols is 1. The van der Waals surface area contributed by atoms with Crippen molar-refractivity contribution < 1.29 is 9.63 Å². The molecular formula is C20H15Cl5O2P2S2. The first-order valence-corrected chi connectivity index (χ1v) is 18.5. The summed E-state index contributed by atoms with van der Waals surface area (Å²) in [6, 6.07) is 26.8. The van der Waals surface area contributed by atoms with Crippen LogP contribution in [0.2, 0.25) is 0 Å². The molecule has 0 radical (unpaired) electrons. The van der Waals surface area contributed by atoms with Crippen LogP contribution in [0.5, 0.6) is 11.5 Å². The Morgan fingerprint density at radius 3 is 1.55 bits per heavy atom. The third-order valence-electron chi connectivity index (χ3n) is 3.72. The number of phenolic OH excluding ortho intramolecular Hbond substituents is 1. The first-order chi connectivity index (χ1) is 14.4. The van der Waals surface area contributed by atoms with E-state index in [-0.39, 0.29) is 0 Å². The standard InChI is InChI=1S/C10H7Cl2OPS.C10H8O.Cl3PS/c11-14(12,15)13-10-7-3-5-8-4-1-2-6-9(8)10;11-10-7-3-5-8-4-1-2-6-9(8)10;1-4(2,3)5/h1-7H;1-7,11H;. The third kappa shape index (κ3) is 10.5. The zero-order chi connectivity index (χ0) is 23.1. The van der Waals surface area contributed by atoms with E-state index in [0.29, 0.717) is 11.5 Å². The van der Waals surface area contributed by atoms with Crippen LogP contribution in [0, 0.1) is 0 Å². The van der Waals surface area contributed by atoms with E-state index in [4.69, 9.17) is 72.5 Å². The highest BCUT2D eigenvalue weighted by atomic mass is 36.1. The lowest BCUT2D eigenvalue weighted by Crippen LogP contribution is -1.83. The molecule has 1 N–H and O–H groups in total. The molecule has 0 saturated heterocycles. The number of rotatable bonds is 2. The Kier molecular flexibility index (Phi) is 10.7. The minimum absolute atomic E-state index is 0.350. The van der Waals surface area contributed by atoms with Crippen molar-refractivity contribution in [1.29, 1.82) is 0 Å². The molecule has 0 aliphatic carbocycles. The smallest absolute Gasteiger partial charge is 0.289 e. The molecule has 0 bridgehead atoms. The van der Waals surface area contributed by atoms with Crippen molar-refractivity contribution in [3.8, 4) is 11.5 Å². The molecule has 0 atom stereocenters. The number of aromatic hydroxyl groups is 1. The van der Waals surface area contributed by atoms with Gasteiger partial charge in [-0.15, -0.1) is 0 Å². The number of benzene rings is 4. The van der Waals surface area contributed by atoms with Crippen molar-refractivity contribution in [2.45, 2.75) is 0 Å². The Labute approximate surface area is 215 Å². The van der Waals surface area contributed by atoms with Crippen molar-refractivity contribution in [1.82, 2.24) is 0 Å². The maximum Gasteiger partial charge on any atom is 0.289 e. The molecular weight excluding hydrogens is 576 g/mol. The lowest BCUT2D eigenvalue weighted by atomic mass is 10.1. The monoisotopic (exact) mass is 588 g/mol. The highest BCUT2D eigenvalue weighted by Crippen LogP contribution is 2.61. The fourth-order valence-electron chi connectivity index (χ4n) is 2.60. The zero-order valence-corrected chi connectivity index (χ0v) is 22.7. The van der Waals surface area contributed by atoms with E-state index in [2.05, 4.69) is 11.8 Å². The summed E-state index contributed by atoms with van der Waals surface area (Å²) in [6.07, 6.45) is 0. The van der Waals surface area contributed by atoms with Gasteiger partial charge in [0.2, 0.25) is 4.10 Å². The van der Waals surface area contributed by atoms with Gasteiger partial charge in [-0.25, -0.2) is 0 Å². The largest absolute Gasteiger partial charge is 0.507 e. The van der Waals surface area contributed by atoms with Crippen LogP contribution >= 0.6 is 65.3 Å². The first-order valence-electron chi connectivity index (χ1n) is 8.46. The van der Waals surface area contributed by atoms with Crippen molar-refractivity contribution in [2.24, 2.45) is 0 Å². The van der Waals surface area contributed by atoms with Gasteiger partial charge in [0, 0.05) is 10.8 Å². The fourth-order valence-corrected chi connectivity index (χ4v) is 3.67. The number of halogens is 5. The van der Waals surface area contributed by atoms with Crippen LogP contribution in [0.25, 0.3) is 21.5 Å². The summed E-state index contributed by atoms with van der Waals surface area (Å²) in [6.45, 7) is 0. The molecule has 0 aliphatic rings. The highest BCUT2D eigenvalue weighted by Gasteiger charge is 2.12. The molecule has 4 aromatic rings. The Balaban J connectivity index is 0.000000187. The van der Waals surface area contributed by atoms with Crippen LogP contribution in [0.4, 0.5) is 0 Å². The SMILES string of the molecule is Oc1cccc2ccccc12.S=P(Cl)(Cl)Cl.S=P(Cl)(Cl)Oc1cccc2ccccc12. The first kappa shape index (κ1) is 27.0. The van der Waals surface area contributed by atoms with E-state index in [0.717, 1.165) is 21.5 Å². The second kappa shape index (κ2) is 12.3. The number of fused-ring (bicyclic) bond motifs is 2. The van der Waals surface area contributed by atoms with E-state index in [9.17, 15) is 5.11 Å². The zero-order valence-electron chi connectivity index (χ0n) is 15.5. The number of hydrogen-bond donors (Lipinski definition) is 1. The summed E-state index contributed by atoms with van der Waals surface area (Å²) in [5, 5.41) is 13.4. The minimum Gasteiger partial charge on any atom is -0.507 e. The van der Waals surface area contributed by atoms with Crippen LogP contribution in [-0.4, -0.2) is 5.11 Å². The fraction of sp³-hybridized carbons (Fsp3) is 0. The van der Waals surface area contributed by atoms with Crippen LogP contribution in [0.1, 0.15) is 0 Å². The predicted octanol–water partition coefficient (Wildman–Crippen LogP) is 10.4. The molecule has 0 aliphatic heterocycles. The number of hydrogen-bond acceptors (Lipinski definition) is 4. The normalized spacial score (nSPS) is 11.1. The van der Waals surface area contributed by atoms with Gasteiger partial charge in [-0.3, -0.25) is 0 Å². The van der Waals surface area contributed by atoms with Gasteiger partial charge in [0.05, 0.1) is 0 Å². The molecule has 0 spiro atoms. The minimum atomic E-state index is -2.71. The van der Waals surface area contributed by atoms with E-state index in [1.165, 1.54) is 0 Å². The second-order valence-electron chi connectivity index (χ2n) is 5.88. The molecule has 31 heavy (non-hydrogen) atoms. The molecule has 164 valence electrons. The lowest BCUT2D eigenvalue weighted by molar-refractivity contribution is 0.481. The molecule has 4 rings (SSSR count). The molecule has 0 aromatic heterocycles. The average Bonchev–Trinajstić information content (AvgIpc) is 2.67. The summed E-state index contributed by atoms with van der Waals surface area (Å²) in [5.41, 5.74) is 0. The van der Waals surface area contributed by atoms with Gasteiger partial charge in [-0.05, 0) is 69.0 Å². The Morgan fingerprint density at radius 2 is 1.03 bits per heavy atom. The van der Waals surface area contributed by atoms with Crippen LogP contribution in [-0.2, 0) is 23.6 Å². The molecule has 0 amide bonds. The third-order valence-corrected chi connectivity index (χ3v) is 4.77. The molecule has 11 heteroatoms. The van der Waals surface area contributed by atoms with Gasteiger partial charge in [0.15, 0.2) is 0 Å². The maximum absolute atomic E-state index is 9.37. The highest BCUT2D eigenvalue weighted by molar-refractivity contribution is 8.50. The summed E-state index contributed by atoms with van der Waals surface area (Å²) in [7, 11) is 0. The Morgan fingerprint density at radius 1 is 0.613 bits per heavy atom. The average molecular weight is 591 g/mol. The Bertz CT molecular complexity index is 1240. The van der Waals surface area contributed by atoms with Crippen molar-refractivity contribution >= 4 is 110 Å². The van der Waals surface area contributed by atoms with Crippen molar-refractivity contribution in [3.05, 3.63) is 84.9 Å². The van der Waals surface area contributed by atoms with E-state index in [1.807, 2.05) is 78.9 Å². The van der Waals surface area contributed by atoms with Gasteiger partial charge in [-0.2, -0.15) is 0 Å². The van der Waals surface area contributed by atoms with Gasteiger partial charge in [-0.1, -0.05) is 107 Å². The summed E-state index contributed by atoms with van der Waals surface area (Å²) in [4.78, 5) is -2.71. The van der Waals surface area contributed by atoms with Crippen LogP contribution in [0.3, 0.4) is 0 Å². The van der Waals surface area contributed by atoms with E-state index >= 15 is 0 Å². The lowest BCUT2D eigenvalue weighted by Gasteiger charge is -2.11. The van der Waals surface area contributed by atoms with Crippen LogP contribution < -0.4 is 4.52 Å². The molecule has 0 heterocycles. The topological polar surface area (TPSA) is 29.5 Å². The Hall–Kier alpha value is -0.250.